The van der Waals surface area contributed by atoms with Crippen LogP contribution < -0.4 is 5.32 Å². The predicted octanol–water partition coefficient (Wildman–Crippen LogP) is 1.65. The molecule has 1 atom stereocenters. The Morgan fingerprint density at radius 3 is 3.04 bits per heavy atom. The van der Waals surface area contributed by atoms with Crippen LogP contribution in [0.15, 0.2) is 30.3 Å². The van der Waals surface area contributed by atoms with Crippen molar-refractivity contribution >= 4 is 5.91 Å². The van der Waals surface area contributed by atoms with E-state index in [-0.39, 0.29) is 5.91 Å². The largest absolute Gasteiger partial charge is 0.340 e. The lowest BCUT2D eigenvalue weighted by Crippen LogP contribution is -2.34. The van der Waals surface area contributed by atoms with Gasteiger partial charge in [-0.05, 0) is 24.4 Å². The van der Waals surface area contributed by atoms with Gasteiger partial charge in [-0.25, -0.2) is 0 Å². The smallest absolute Gasteiger partial charge is 0.274 e. The summed E-state index contributed by atoms with van der Waals surface area (Å²) < 4.78 is 0. The third kappa shape index (κ3) is 3.66. The highest BCUT2D eigenvalue weighted by Gasteiger charge is 2.28. The number of amides is 1. The van der Waals surface area contributed by atoms with Gasteiger partial charge in [0.1, 0.15) is 0 Å². The van der Waals surface area contributed by atoms with Gasteiger partial charge in [-0.3, -0.25) is 14.8 Å². The number of benzene rings is 1. The lowest BCUT2D eigenvalue weighted by Gasteiger charge is -2.22. The summed E-state index contributed by atoms with van der Waals surface area (Å²) in [6.07, 6.45) is 2.06. The lowest BCUT2D eigenvalue weighted by atomic mass is 10.1. The Labute approximate surface area is 154 Å². The van der Waals surface area contributed by atoms with Gasteiger partial charge >= 0.3 is 0 Å². The quantitative estimate of drug-likeness (QED) is 0.858. The van der Waals surface area contributed by atoms with Crippen LogP contribution in [0.25, 0.3) is 0 Å². The first-order chi connectivity index (χ1) is 12.7. The van der Waals surface area contributed by atoms with E-state index in [0.29, 0.717) is 11.6 Å². The van der Waals surface area contributed by atoms with Crippen LogP contribution in [0.1, 0.15) is 33.7 Å². The minimum Gasteiger partial charge on any atom is -0.340 e. The zero-order chi connectivity index (χ0) is 17.9. The summed E-state index contributed by atoms with van der Waals surface area (Å²) in [6, 6.07) is 10.6. The van der Waals surface area contributed by atoms with Gasteiger partial charge in [0.05, 0.1) is 0 Å². The van der Waals surface area contributed by atoms with E-state index in [1.807, 2.05) is 11.9 Å². The Hall–Kier alpha value is -2.18. The van der Waals surface area contributed by atoms with Gasteiger partial charge in [0, 0.05) is 57.4 Å². The molecule has 1 aromatic carbocycles. The van der Waals surface area contributed by atoms with Crippen molar-refractivity contribution in [2.45, 2.75) is 25.9 Å². The average Bonchev–Trinajstić information content (AvgIpc) is 3.29. The number of carbonyl (C=O) groups excluding carboxylic acids is 1. The van der Waals surface area contributed by atoms with Gasteiger partial charge < -0.3 is 10.2 Å². The molecule has 26 heavy (non-hydrogen) atoms. The Balaban J connectivity index is 1.33. The first-order valence-corrected chi connectivity index (χ1v) is 9.49. The van der Waals surface area contributed by atoms with E-state index < -0.39 is 0 Å². The van der Waals surface area contributed by atoms with E-state index in [1.165, 1.54) is 5.56 Å². The summed E-state index contributed by atoms with van der Waals surface area (Å²) in [4.78, 5) is 17.2. The molecular formula is C20H27N5O. The van der Waals surface area contributed by atoms with Crippen LogP contribution >= 0.6 is 0 Å². The van der Waals surface area contributed by atoms with Crippen molar-refractivity contribution in [3.05, 3.63) is 52.8 Å². The molecule has 0 saturated carbocycles. The fourth-order valence-corrected chi connectivity index (χ4v) is 4.10. The van der Waals surface area contributed by atoms with Crippen LogP contribution in [0, 0.1) is 5.92 Å². The second-order valence-electron chi connectivity index (χ2n) is 7.52. The summed E-state index contributed by atoms with van der Waals surface area (Å²) in [5, 5.41) is 10.7. The average molecular weight is 353 g/mol. The number of H-pyrrole nitrogens is 1. The van der Waals surface area contributed by atoms with E-state index in [9.17, 15) is 4.79 Å². The summed E-state index contributed by atoms with van der Waals surface area (Å²) in [5.74, 6) is 0.563. The van der Waals surface area contributed by atoms with E-state index in [1.54, 1.807) is 0 Å². The standard InChI is InChI=1S/C20H27N5O/c1-24(20(26)19-17-11-21-9-7-18(17)22-23-19)12-16-8-10-25(14-16)13-15-5-3-2-4-6-15/h2-6,16,21H,7-14H2,1H3,(H,22,23). The SMILES string of the molecule is CN(CC1CCN(Cc2ccccc2)C1)C(=O)c1n[nH]c2c1CNCC2. The molecule has 1 fully saturated rings. The first kappa shape index (κ1) is 17.2. The van der Waals surface area contributed by atoms with Gasteiger partial charge in [-0.2, -0.15) is 5.10 Å². The van der Waals surface area contributed by atoms with Crippen molar-refractivity contribution in [1.82, 2.24) is 25.3 Å². The van der Waals surface area contributed by atoms with Gasteiger partial charge in [-0.15, -0.1) is 0 Å². The van der Waals surface area contributed by atoms with Crippen LogP contribution in [-0.4, -0.2) is 59.1 Å². The molecule has 0 radical (unpaired) electrons. The molecule has 4 rings (SSSR count). The van der Waals surface area contributed by atoms with Crippen LogP contribution in [0.4, 0.5) is 0 Å². The van der Waals surface area contributed by atoms with Crippen LogP contribution in [0.3, 0.4) is 0 Å². The summed E-state index contributed by atoms with van der Waals surface area (Å²) in [7, 11) is 1.90. The normalized spacial score (nSPS) is 20.1. The van der Waals surface area contributed by atoms with Crippen LogP contribution in [-0.2, 0) is 19.5 Å². The van der Waals surface area contributed by atoms with E-state index in [0.717, 1.165) is 63.4 Å². The zero-order valence-electron chi connectivity index (χ0n) is 15.4. The molecular weight excluding hydrogens is 326 g/mol. The van der Waals surface area contributed by atoms with Crippen molar-refractivity contribution in [3.63, 3.8) is 0 Å². The number of aromatic amines is 1. The minimum atomic E-state index is 0.0349. The number of fused-ring (bicyclic) bond motifs is 1. The molecule has 1 unspecified atom stereocenters. The van der Waals surface area contributed by atoms with E-state index in [2.05, 4.69) is 50.7 Å². The number of aromatic nitrogens is 2. The van der Waals surface area contributed by atoms with E-state index in [4.69, 9.17) is 0 Å². The Bertz CT molecular complexity index is 757. The topological polar surface area (TPSA) is 64.3 Å². The summed E-state index contributed by atoms with van der Waals surface area (Å²) in [5.41, 5.74) is 4.10. The number of hydrogen-bond donors (Lipinski definition) is 2. The van der Waals surface area contributed by atoms with E-state index >= 15 is 0 Å². The van der Waals surface area contributed by atoms with Crippen molar-refractivity contribution in [2.75, 3.05) is 33.2 Å². The molecule has 138 valence electrons. The summed E-state index contributed by atoms with van der Waals surface area (Å²) >= 11 is 0. The first-order valence-electron chi connectivity index (χ1n) is 9.49. The maximum atomic E-state index is 12.8. The molecule has 2 N–H and O–H groups in total. The molecule has 0 bridgehead atoms. The maximum absolute atomic E-state index is 12.8. The third-order valence-electron chi connectivity index (χ3n) is 5.51. The van der Waals surface area contributed by atoms with Gasteiger partial charge in [-0.1, -0.05) is 30.3 Å². The highest BCUT2D eigenvalue weighted by molar-refractivity contribution is 5.93. The highest BCUT2D eigenvalue weighted by atomic mass is 16.2. The third-order valence-corrected chi connectivity index (χ3v) is 5.51. The number of carbonyl (C=O) groups is 1. The number of hydrogen-bond acceptors (Lipinski definition) is 4. The predicted molar refractivity (Wildman–Crippen MR) is 101 cm³/mol. The fourth-order valence-electron chi connectivity index (χ4n) is 4.10. The lowest BCUT2D eigenvalue weighted by molar-refractivity contribution is 0.0766. The van der Waals surface area contributed by atoms with Crippen molar-refractivity contribution in [2.24, 2.45) is 5.92 Å². The number of nitrogens with zero attached hydrogens (tertiary/aromatic N) is 3. The minimum absolute atomic E-state index is 0.0349. The molecule has 2 aliphatic rings. The Kier molecular flexibility index (Phi) is 5.04. The number of nitrogens with one attached hydrogen (secondary N) is 2. The molecule has 1 saturated heterocycles. The fraction of sp³-hybridized carbons (Fsp3) is 0.500. The summed E-state index contributed by atoms with van der Waals surface area (Å²) in [6.45, 7) is 5.61. The molecule has 0 aliphatic carbocycles. The van der Waals surface area contributed by atoms with Gasteiger partial charge in [0.25, 0.3) is 5.91 Å². The van der Waals surface area contributed by atoms with Crippen molar-refractivity contribution in [3.8, 4) is 0 Å². The number of likely N-dealkylation sites (tertiary alicyclic amines) is 1. The van der Waals surface area contributed by atoms with Crippen molar-refractivity contribution in [1.29, 1.82) is 0 Å². The Morgan fingerprint density at radius 2 is 2.19 bits per heavy atom. The zero-order valence-corrected chi connectivity index (χ0v) is 15.4. The number of rotatable bonds is 5. The molecule has 2 aromatic rings. The molecule has 3 heterocycles. The highest BCUT2D eigenvalue weighted by Crippen LogP contribution is 2.21. The van der Waals surface area contributed by atoms with Crippen LogP contribution in [0.5, 0.6) is 0 Å². The molecule has 6 nitrogen and oxygen atoms in total. The molecule has 0 spiro atoms. The van der Waals surface area contributed by atoms with Gasteiger partial charge in [0.2, 0.25) is 0 Å². The van der Waals surface area contributed by atoms with Crippen molar-refractivity contribution < 1.29 is 4.79 Å². The van der Waals surface area contributed by atoms with Crippen LogP contribution in [0.2, 0.25) is 0 Å². The second-order valence-corrected chi connectivity index (χ2v) is 7.52. The molecule has 1 aromatic heterocycles. The molecule has 1 amide bonds. The second kappa shape index (κ2) is 7.60. The molecule has 2 aliphatic heterocycles. The molecule has 6 heteroatoms. The maximum Gasteiger partial charge on any atom is 0.274 e. The Morgan fingerprint density at radius 1 is 1.35 bits per heavy atom. The van der Waals surface area contributed by atoms with Gasteiger partial charge in [0.15, 0.2) is 5.69 Å². The monoisotopic (exact) mass is 353 g/mol.